The van der Waals surface area contributed by atoms with Crippen molar-refractivity contribution < 1.29 is 4.79 Å². The van der Waals surface area contributed by atoms with Crippen LogP contribution in [-0.4, -0.2) is 25.9 Å². The van der Waals surface area contributed by atoms with E-state index in [9.17, 15) is 4.79 Å². The van der Waals surface area contributed by atoms with Gasteiger partial charge in [0.25, 0.3) is 0 Å². The summed E-state index contributed by atoms with van der Waals surface area (Å²) < 4.78 is 1.96. The Hall–Kier alpha value is -2.12. The van der Waals surface area contributed by atoms with Gasteiger partial charge in [0.1, 0.15) is 0 Å². The number of anilines is 1. The predicted molar refractivity (Wildman–Crippen MR) is 97.4 cm³/mol. The second-order valence-corrected chi connectivity index (χ2v) is 7.75. The lowest BCUT2D eigenvalue weighted by molar-refractivity contribution is -0.115. The summed E-state index contributed by atoms with van der Waals surface area (Å²) in [7, 11) is 1.95. The summed E-state index contributed by atoms with van der Waals surface area (Å²) in [6.45, 7) is 0. The molecular weight excluding hydrogens is 340 g/mol. The molecule has 1 N–H and O–H groups in total. The monoisotopic (exact) mass is 356 g/mol. The van der Waals surface area contributed by atoms with Gasteiger partial charge in [-0.3, -0.25) is 4.79 Å². The van der Waals surface area contributed by atoms with Crippen LogP contribution in [0, 0.1) is 0 Å². The Balaban J connectivity index is 1.55. The minimum Gasteiger partial charge on any atom is -0.325 e. The summed E-state index contributed by atoms with van der Waals surface area (Å²) in [4.78, 5) is 13.6. The lowest BCUT2D eigenvalue weighted by Crippen LogP contribution is -2.24. The lowest BCUT2D eigenvalue weighted by Gasteiger charge is -2.12. The summed E-state index contributed by atoms with van der Waals surface area (Å²) in [5.74, 6) is 0.871. The molecule has 5 nitrogen and oxygen atoms in total. The largest absolute Gasteiger partial charge is 0.325 e. The molecule has 24 heavy (non-hydrogen) atoms. The second kappa shape index (κ2) is 6.41. The Labute approximate surface area is 148 Å². The van der Waals surface area contributed by atoms with Crippen LogP contribution < -0.4 is 5.32 Å². The molecule has 7 heteroatoms. The van der Waals surface area contributed by atoms with Gasteiger partial charge in [-0.05, 0) is 35.9 Å². The number of amides is 1. The molecule has 122 valence electrons. The summed E-state index contributed by atoms with van der Waals surface area (Å²) in [6, 6.07) is 12.0. The van der Waals surface area contributed by atoms with Crippen LogP contribution in [0.4, 0.5) is 5.69 Å². The van der Waals surface area contributed by atoms with Gasteiger partial charge in [0.2, 0.25) is 5.91 Å². The number of fused-ring (bicyclic) bond motifs is 1. The van der Waals surface area contributed by atoms with Crippen molar-refractivity contribution in [2.45, 2.75) is 23.2 Å². The maximum Gasteiger partial charge on any atom is 0.237 e. The number of aryl methyl sites for hydroxylation is 1. The minimum atomic E-state index is -0.170. The quantitative estimate of drug-likeness (QED) is 0.779. The van der Waals surface area contributed by atoms with Crippen LogP contribution in [0.15, 0.2) is 46.9 Å². The number of rotatable bonds is 3. The molecule has 2 aromatic heterocycles. The smallest absolute Gasteiger partial charge is 0.237 e. The van der Waals surface area contributed by atoms with Gasteiger partial charge in [0.15, 0.2) is 11.0 Å². The number of thiophene rings is 1. The number of para-hydroxylation sites is 1. The van der Waals surface area contributed by atoms with Crippen LogP contribution >= 0.6 is 23.1 Å². The molecule has 3 heterocycles. The molecule has 0 fully saturated rings. The van der Waals surface area contributed by atoms with Crippen molar-refractivity contribution in [1.29, 1.82) is 0 Å². The molecule has 1 aliphatic rings. The highest BCUT2D eigenvalue weighted by atomic mass is 32.2. The zero-order valence-corrected chi connectivity index (χ0v) is 14.7. The number of hydrogen-bond donors (Lipinski definition) is 1. The molecule has 0 saturated heterocycles. The average Bonchev–Trinajstić information content (AvgIpc) is 3.19. The molecule has 3 aromatic rings. The van der Waals surface area contributed by atoms with Gasteiger partial charge in [0.05, 0.1) is 10.1 Å². The number of nitrogens with one attached hydrogen (secondary N) is 1. The molecule has 1 aliphatic heterocycles. The van der Waals surface area contributed by atoms with E-state index in [1.165, 1.54) is 17.3 Å². The molecule has 1 aromatic carbocycles. The van der Waals surface area contributed by atoms with E-state index in [0.29, 0.717) is 0 Å². The predicted octanol–water partition coefficient (Wildman–Crippen LogP) is 3.59. The first kappa shape index (κ1) is 15.4. The van der Waals surface area contributed by atoms with E-state index in [4.69, 9.17) is 0 Å². The van der Waals surface area contributed by atoms with Gasteiger partial charge >= 0.3 is 0 Å². The van der Waals surface area contributed by atoms with Crippen molar-refractivity contribution in [1.82, 2.24) is 14.8 Å². The number of carbonyl (C=O) groups is 1. The SMILES string of the molecule is Cn1c(SC2CCc3ccccc3NC2=O)nnc1-c1cccs1. The molecule has 0 radical (unpaired) electrons. The Bertz CT molecular complexity index is 873. The topological polar surface area (TPSA) is 59.8 Å². The van der Waals surface area contributed by atoms with Gasteiger partial charge in [-0.15, -0.1) is 21.5 Å². The molecule has 1 unspecified atom stereocenters. The van der Waals surface area contributed by atoms with Crippen LogP contribution in [0.25, 0.3) is 10.7 Å². The summed E-state index contributed by atoms with van der Waals surface area (Å²) in [6.07, 6.45) is 1.66. The molecule has 1 atom stereocenters. The number of carbonyl (C=O) groups excluding carboxylic acids is 1. The van der Waals surface area contributed by atoms with Crippen molar-refractivity contribution >= 4 is 34.7 Å². The van der Waals surface area contributed by atoms with Crippen LogP contribution in [0.1, 0.15) is 12.0 Å². The van der Waals surface area contributed by atoms with Crippen LogP contribution in [-0.2, 0) is 18.3 Å². The minimum absolute atomic E-state index is 0.0330. The number of nitrogens with zero attached hydrogens (tertiary/aromatic N) is 3. The maximum atomic E-state index is 12.5. The Morgan fingerprint density at radius 2 is 2.12 bits per heavy atom. The standard InChI is InChI=1S/C17H16N4OS2/c1-21-15(13-7-4-10-23-13)19-20-17(21)24-14-9-8-11-5-2-3-6-12(11)18-16(14)22/h2-7,10,14H,8-9H2,1H3,(H,18,22). The van der Waals surface area contributed by atoms with Crippen molar-refractivity contribution in [3.05, 3.63) is 47.3 Å². The van der Waals surface area contributed by atoms with Crippen molar-refractivity contribution in [3.63, 3.8) is 0 Å². The number of aromatic nitrogens is 3. The third-order valence-electron chi connectivity index (χ3n) is 4.07. The van der Waals surface area contributed by atoms with E-state index in [2.05, 4.69) is 21.6 Å². The lowest BCUT2D eigenvalue weighted by atomic mass is 10.1. The Kier molecular flexibility index (Phi) is 4.12. The highest BCUT2D eigenvalue weighted by Crippen LogP contribution is 2.32. The fourth-order valence-corrected chi connectivity index (χ4v) is 4.50. The molecule has 0 saturated carbocycles. The van der Waals surface area contributed by atoms with E-state index in [1.807, 2.05) is 47.3 Å². The number of hydrogen-bond acceptors (Lipinski definition) is 5. The first-order chi connectivity index (χ1) is 11.7. The average molecular weight is 356 g/mol. The number of thioether (sulfide) groups is 1. The number of benzene rings is 1. The summed E-state index contributed by atoms with van der Waals surface area (Å²) >= 11 is 3.12. The third kappa shape index (κ3) is 2.85. The first-order valence-electron chi connectivity index (χ1n) is 7.71. The normalized spacial score (nSPS) is 17.2. The van der Waals surface area contributed by atoms with Crippen LogP contribution in [0.5, 0.6) is 0 Å². The fraction of sp³-hybridized carbons (Fsp3) is 0.235. The zero-order chi connectivity index (χ0) is 16.5. The van der Waals surface area contributed by atoms with E-state index < -0.39 is 0 Å². The molecule has 0 aliphatic carbocycles. The zero-order valence-electron chi connectivity index (χ0n) is 13.1. The van der Waals surface area contributed by atoms with Gasteiger partial charge < -0.3 is 9.88 Å². The molecule has 4 rings (SSSR count). The highest BCUT2D eigenvalue weighted by Gasteiger charge is 2.26. The van der Waals surface area contributed by atoms with E-state index in [0.717, 1.165) is 34.4 Å². The van der Waals surface area contributed by atoms with Gasteiger partial charge in [-0.25, -0.2) is 0 Å². The Morgan fingerprint density at radius 1 is 1.25 bits per heavy atom. The van der Waals surface area contributed by atoms with E-state index >= 15 is 0 Å². The van der Waals surface area contributed by atoms with E-state index in [-0.39, 0.29) is 11.2 Å². The molecule has 1 amide bonds. The Morgan fingerprint density at radius 3 is 2.96 bits per heavy atom. The molecule has 0 spiro atoms. The molecule has 0 bridgehead atoms. The van der Waals surface area contributed by atoms with Gasteiger partial charge in [-0.2, -0.15) is 0 Å². The van der Waals surface area contributed by atoms with Gasteiger partial charge in [0, 0.05) is 12.7 Å². The fourth-order valence-electron chi connectivity index (χ4n) is 2.77. The van der Waals surface area contributed by atoms with Crippen molar-refractivity contribution in [3.8, 4) is 10.7 Å². The third-order valence-corrected chi connectivity index (χ3v) is 6.23. The van der Waals surface area contributed by atoms with Crippen LogP contribution in [0.2, 0.25) is 0 Å². The second-order valence-electron chi connectivity index (χ2n) is 5.63. The van der Waals surface area contributed by atoms with Gasteiger partial charge in [-0.1, -0.05) is 36.0 Å². The maximum absolute atomic E-state index is 12.5. The first-order valence-corrected chi connectivity index (χ1v) is 9.47. The summed E-state index contributed by atoms with van der Waals surface area (Å²) in [5.41, 5.74) is 2.11. The van der Waals surface area contributed by atoms with Crippen molar-refractivity contribution in [2.75, 3.05) is 5.32 Å². The molecular formula is C17H16N4OS2. The highest BCUT2D eigenvalue weighted by molar-refractivity contribution is 8.00. The summed E-state index contributed by atoms with van der Waals surface area (Å²) in [5, 5.41) is 14.2. The van der Waals surface area contributed by atoms with Crippen molar-refractivity contribution in [2.24, 2.45) is 7.05 Å². The van der Waals surface area contributed by atoms with E-state index in [1.54, 1.807) is 11.3 Å². The van der Waals surface area contributed by atoms with Crippen LogP contribution in [0.3, 0.4) is 0 Å².